The molecule has 2 aromatic carbocycles. The molecule has 4 rings (SSSR count). The largest absolute Gasteiger partial charge is 0.321 e. The number of benzene rings is 2. The first-order valence-electron chi connectivity index (χ1n) is 7.23. The van der Waals surface area contributed by atoms with Gasteiger partial charge in [0.15, 0.2) is 5.78 Å². The SMILES string of the molecule is O=C(Nc1cccnc1)c1ccc2c(c1)C(=O)c1ccccc1-2. The zero-order valence-corrected chi connectivity index (χ0v) is 12.1. The van der Waals surface area contributed by atoms with Gasteiger partial charge in [0.2, 0.25) is 0 Å². The lowest BCUT2D eigenvalue weighted by atomic mass is 10.0. The van der Waals surface area contributed by atoms with Gasteiger partial charge in [0.25, 0.3) is 5.91 Å². The highest BCUT2D eigenvalue weighted by Gasteiger charge is 2.26. The van der Waals surface area contributed by atoms with Gasteiger partial charge in [-0.05, 0) is 35.4 Å². The Morgan fingerprint density at radius 2 is 1.65 bits per heavy atom. The number of hydrogen-bond donors (Lipinski definition) is 1. The summed E-state index contributed by atoms with van der Waals surface area (Å²) in [7, 11) is 0. The zero-order valence-electron chi connectivity index (χ0n) is 12.1. The number of carbonyl (C=O) groups is 2. The third-order valence-electron chi connectivity index (χ3n) is 3.91. The molecule has 4 heteroatoms. The van der Waals surface area contributed by atoms with Crippen LogP contribution in [0.4, 0.5) is 5.69 Å². The topological polar surface area (TPSA) is 59.1 Å². The highest BCUT2D eigenvalue weighted by atomic mass is 16.1. The molecule has 3 aromatic rings. The van der Waals surface area contributed by atoms with Gasteiger partial charge in [-0.15, -0.1) is 0 Å². The van der Waals surface area contributed by atoms with E-state index in [-0.39, 0.29) is 11.7 Å². The van der Waals surface area contributed by atoms with Crippen molar-refractivity contribution in [3.8, 4) is 11.1 Å². The maximum absolute atomic E-state index is 12.5. The third-order valence-corrected chi connectivity index (χ3v) is 3.91. The van der Waals surface area contributed by atoms with Crippen molar-refractivity contribution in [3.05, 3.63) is 83.7 Å². The number of amides is 1. The molecule has 1 aliphatic carbocycles. The zero-order chi connectivity index (χ0) is 15.8. The molecule has 23 heavy (non-hydrogen) atoms. The molecule has 0 aliphatic heterocycles. The van der Waals surface area contributed by atoms with E-state index >= 15 is 0 Å². The number of rotatable bonds is 2. The minimum Gasteiger partial charge on any atom is -0.321 e. The summed E-state index contributed by atoms with van der Waals surface area (Å²) in [6.07, 6.45) is 3.22. The Morgan fingerprint density at radius 3 is 2.43 bits per heavy atom. The van der Waals surface area contributed by atoms with Gasteiger partial charge >= 0.3 is 0 Å². The van der Waals surface area contributed by atoms with Crippen molar-refractivity contribution >= 4 is 17.4 Å². The maximum Gasteiger partial charge on any atom is 0.255 e. The summed E-state index contributed by atoms with van der Waals surface area (Å²) >= 11 is 0. The van der Waals surface area contributed by atoms with E-state index in [1.807, 2.05) is 30.3 Å². The molecule has 0 saturated carbocycles. The fraction of sp³-hybridized carbons (Fsp3) is 0. The second-order valence-corrected chi connectivity index (χ2v) is 5.33. The molecule has 0 bridgehead atoms. The van der Waals surface area contributed by atoms with E-state index in [4.69, 9.17) is 0 Å². The lowest BCUT2D eigenvalue weighted by molar-refractivity contribution is 0.102. The molecule has 1 aromatic heterocycles. The summed E-state index contributed by atoms with van der Waals surface area (Å²) in [5, 5.41) is 2.77. The number of anilines is 1. The molecule has 0 spiro atoms. The number of fused-ring (bicyclic) bond motifs is 3. The molecule has 0 atom stereocenters. The molecule has 0 radical (unpaired) electrons. The van der Waals surface area contributed by atoms with Gasteiger partial charge in [-0.2, -0.15) is 0 Å². The fourth-order valence-corrected chi connectivity index (χ4v) is 2.81. The van der Waals surface area contributed by atoms with Gasteiger partial charge in [0, 0.05) is 22.9 Å². The van der Waals surface area contributed by atoms with Crippen molar-refractivity contribution < 1.29 is 9.59 Å². The van der Waals surface area contributed by atoms with Crippen LogP contribution in [0, 0.1) is 0 Å². The van der Waals surface area contributed by atoms with Crippen molar-refractivity contribution in [1.82, 2.24) is 4.98 Å². The monoisotopic (exact) mass is 300 g/mol. The second-order valence-electron chi connectivity index (χ2n) is 5.33. The summed E-state index contributed by atoms with van der Waals surface area (Å²) in [6, 6.07) is 16.2. The van der Waals surface area contributed by atoms with Crippen LogP contribution < -0.4 is 5.32 Å². The molecule has 0 saturated heterocycles. The van der Waals surface area contributed by atoms with Gasteiger partial charge in [-0.25, -0.2) is 0 Å². The Labute approximate surface area is 132 Å². The summed E-state index contributed by atoms with van der Waals surface area (Å²) in [6.45, 7) is 0. The average molecular weight is 300 g/mol. The van der Waals surface area contributed by atoms with E-state index < -0.39 is 0 Å². The van der Waals surface area contributed by atoms with Crippen molar-refractivity contribution in [2.75, 3.05) is 5.32 Å². The fourth-order valence-electron chi connectivity index (χ4n) is 2.81. The van der Waals surface area contributed by atoms with Gasteiger partial charge in [-0.3, -0.25) is 14.6 Å². The number of nitrogens with zero attached hydrogens (tertiary/aromatic N) is 1. The van der Waals surface area contributed by atoms with E-state index in [1.165, 1.54) is 0 Å². The number of carbonyl (C=O) groups excluding carboxylic acids is 2. The van der Waals surface area contributed by atoms with Crippen LogP contribution >= 0.6 is 0 Å². The number of hydrogen-bond acceptors (Lipinski definition) is 3. The normalized spacial score (nSPS) is 11.7. The molecule has 1 heterocycles. The molecular formula is C19H12N2O2. The highest BCUT2D eigenvalue weighted by molar-refractivity contribution is 6.22. The van der Waals surface area contributed by atoms with E-state index in [0.717, 1.165) is 11.1 Å². The Kier molecular flexibility index (Phi) is 3.01. The van der Waals surface area contributed by atoms with Crippen LogP contribution in [-0.2, 0) is 0 Å². The van der Waals surface area contributed by atoms with Crippen molar-refractivity contribution in [1.29, 1.82) is 0 Å². The predicted octanol–water partition coefficient (Wildman–Crippen LogP) is 3.55. The molecule has 0 fully saturated rings. The minimum atomic E-state index is -0.260. The smallest absolute Gasteiger partial charge is 0.255 e. The van der Waals surface area contributed by atoms with Gasteiger partial charge in [-0.1, -0.05) is 30.3 Å². The molecule has 0 unspecified atom stereocenters. The van der Waals surface area contributed by atoms with Gasteiger partial charge in [0.05, 0.1) is 11.9 Å². The number of nitrogens with one attached hydrogen (secondary N) is 1. The Morgan fingerprint density at radius 1 is 0.870 bits per heavy atom. The van der Waals surface area contributed by atoms with Crippen molar-refractivity contribution in [2.24, 2.45) is 0 Å². The lowest BCUT2D eigenvalue weighted by Crippen LogP contribution is -2.12. The standard InChI is InChI=1S/C19H12N2O2/c22-18-16-6-2-1-5-14(16)15-8-7-12(10-17(15)18)19(23)21-13-4-3-9-20-11-13/h1-11H,(H,21,23). The second kappa shape index (κ2) is 5.18. The Balaban J connectivity index is 1.69. The summed E-state index contributed by atoms with van der Waals surface area (Å²) in [5.74, 6) is -0.295. The van der Waals surface area contributed by atoms with Crippen LogP contribution in [-0.4, -0.2) is 16.7 Å². The first kappa shape index (κ1) is 13.4. The molecule has 110 valence electrons. The molecular weight excluding hydrogens is 288 g/mol. The van der Waals surface area contributed by atoms with Crippen LogP contribution in [0.3, 0.4) is 0 Å². The molecule has 1 aliphatic rings. The van der Waals surface area contributed by atoms with Crippen LogP contribution in [0.15, 0.2) is 67.0 Å². The van der Waals surface area contributed by atoms with Crippen LogP contribution in [0.1, 0.15) is 26.3 Å². The summed E-state index contributed by atoms with van der Waals surface area (Å²) in [4.78, 5) is 28.8. The number of pyridine rings is 1. The minimum absolute atomic E-state index is 0.0355. The molecule has 4 nitrogen and oxygen atoms in total. The predicted molar refractivity (Wildman–Crippen MR) is 87.5 cm³/mol. The van der Waals surface area contributed by atoms with Crippen LogP contribution in [0.2, 0.25) is 0 Å². The maximum atomic E-state index is 12.5. The van der Waals surface area contributed by atoms with Gasteiger partial charge in [0.1, 0.15) is 0 Å². The summed E-state index contributed by atoms with van der Waals surface area (Å²) in [5.41, 5.74) is 4.13. The average Bonchev–Trinajstić information content (AvgIpc) is 2.89. The first-order valence-corrected chi connectivity index (χ1v) is 7.23. The van der Waals surface area contributed by atoms with E-state index in [2.05, 4.69) is 10.3 Å². The van der Waals surface area contributed by atoms with Crippen molar-refractivity contribution in [3.63, 3.8) is 0 Å². The van der Waals surface area contributed by atoms with E-state index in [9.17, 15) is 9.59 Å². The third kappa shape index (κ3) is 2.21. The van der Waals surface area contributed by atoms with E-state index in [1.54, 1.807) is 36.7 Å². The Hall–Kier alpha value is -3.27. The van der Waals surface area contributed by atoms with Crippen LogP contribution in [0.25, 0.3) is 11.1 Å². The highest BCUT2D eigenvalue weighted by Crippen LogP contribution is 2.36. The van der Waals surface area contributed by atoms with E-state index in [0.29, 0.717) is 22.4 Å². The first-order chi connectivity index (χ1) is 11.2. The molecule has 1 amide bonds. The number of ketones is 1. The lowest BCUT2D eigenvalue weighted by Gasteiger charge is -2.06. The summed E-state index contributed by atoms with van der Waals surface area (Å²) < 4.78 is 0. The number of aromatic nitrogens is 1. The van der Waals surface area contributed by atoms with Crippen LogP contribution in [0.5, 0.6) is 0 Å². The van der Waals surface area contributed by atoms with Crippen molar-refractivity contribution in [2.45, 2.75) is 0 Å². The quantitative estimate of drug-likeness (QED) is 0.616. The Bertz CT molecular complexity index is 933. The molecule has 1 N–H and O–H groups in total. The van der Waals surface area contributed by atoms with Gasteiger partial charge < -0.3 is 5.32 Å².